The van der Waals surface area contributed by atoms with E-state index in [0.717, 1.165) is 32.5 Å². The van der Waals surface area contributed by atoms with Crippen LogP contribution in [0.25, 0.3) is 0 Å². The van der Waals surface area contributed by atoms with Crippen LogP contribution in [0.5, 0.6) is 0 Å². The topological polar surface area (TPSA) is 41.6 Å². The highest BCUT2D eigenvalue weighted by Crippen LogP contribution is 2.20. The standard InChI is InChI=1S/C12H22N2O2/c1-9-8-14(6-7-16-9)12(15)11-4-3-5-13-10(11)2/h9-11,13H,3-8H2,1-2H3. The molecule has 0 aliphatic carbocycles. The number of piperidine rings is 1. The van der Waals surface area contributed by atoms with Crippen molar-refractivity contribution < 1.29 is 9.53 Å². The Morgan fingerprint density at radius 3 is 2.94 bits per heavy atom. The number of carbonyl (C=O) groups is 1. The lowest BCUT2D eigenvalue weighted by Gasteiger charge is -2.37. The molecule has 0 saturated carbocycles. The second kappa shape index (κ2) is 5.15. The molecule has 3 atom stereocenters. The number of hydrogen-bond acceptors (Lipinski definition) is 3. The summed E-state index contributed by atoms with van der Waals surface area (Å²) in [6.07, 6.45) is 2.32. The zero-order chi connectivity index (χ0) is 11.5. The highest BCUT2D eigenvalue weighted by Gasteiger charge is 2.32. The van der Waals surface area contributed by atoms with Crippen molar-refractivity contribution in [3.8, 4) is 0 Å². The van der Waals surface area contributed by atoms with Gasteiger partial charge in [0.15, 0.2) is 0 Å². The molecule has 2 fully saturated rings. The molecular weight excluding hydrogens is 204 g/mol. The van der Waals surface area contributed by atoms with Crippen LogP contribution in [0.2, 0.25) is 0 Å². The largest absolute Gasteiger partial charge is 0.375 e. The zero-order valence-electron chi connectivity index (χ0n) is 10.2. The van der Waals surface area contributed by atoms with Crippen LogP contribution in [0.15, 0.2) is 0 Å². The lowest BCUT2D eigenvalue weighted by atomic mass is 9.90. The third-order valence-corrected chi connectivity index (χ3v) is 3.63. The fraction of sp³-hybridized carbons (Fsp3) is 0.917. The minimum atomic E-state index is 0.166. The minimum absolute atomic E-state index is 0.166. The maximum absolute atomic E-state index is 12.3. The third kappa shape index (κ3) is 2.55. The van der Waals surface area contributed by atoms with Crippen LogP contribution in [0.1, 0.15) is 26.7 Å². The van der Waals surface area contributed by atoms with Crippen molar-refractivity contribution in [1.29, 1.82) is 0 Å². The zero-order valence-corrected chi connectivity index (χ0v) is 10.2. The number of nitrogens with one attached hydrogen (secondary N) is 1. The lowest BCUT2D eigenvalue weighted by molar-refractivity contribution is -0.144. The highest BCUT2D eigenvalue weighted by molar-refractivity contribution is 5.79. The van der Waals surface area contributed by atoms with Crippen LogP contribution in [-0.2, 0) is 9.53 Å². The summed E-state index contributed by atoms with van der Waals surface area (Å²) in [6.45, 7) is 7.38. The van der Waals surface area contributed by atoms with Crippen LogP contribution in [0.4, 0.5) is 0 Å². The van der Waals surface area contributed by atoms with Gasteiger partial charge in [-0.15, -0.1) is 0 Å². The van der Waals surface area contributed by atoms with E-state index in [1.807, 2.05) is 11.8 Å². The maximum atomic E-state index is 12.3. The van der Waals surface area contributed by atoms with E-state index in [1.54, 1.807) is 0 Å². The van der Waals surface area contributed by atoms with Gasteiger partial charge in [0, 0.05) is 19.1 Å². The van der Waals surface area contributed by atoms with Crippen molar-refractivity contribution in [2.24, 2.45) is 5.92 Å². The van der Waals surface area contributed by atoms with Crippen molar-refractivity contribution >= 4 is 5.91 Å². The van der Waals surface area contributed by atoms with Gasteiger partial charge in [-0.3, -0.25) is 4.79 Å². The minimum Gasteiger partial charge on any atom is -0.375 e. The van der Waals surface area contributed by atoms with E-state index in [9.17, 15) is 4.79 Å². The molecule has 2 aliphatic heterocycles. The van der Waals surface area contributed by atoms with Crippen LogP contribution < -0.4 is 5.32 Å². The number of hydrogen-bond donors (Lipinski definition) is 1. The first-order valence-corrected chi connectivity index (χ1v) is 6.32. The number of morpholine rings is 1. The fourth-order valence-corrected chi connectivity index (χ4v) is 2.63. The second-order valence-corrected chi connectivity index (χ2v) is 4.96. The second-order valence-electron chi connectivity index (χ2n) is 4.96. The molecule has 0 radical (unpaired) electrons. The summed E-state index contributed by atoms with van der Waals surface area (Å²) in [6, 6.07) is 0.319. The van der Waals surface area contributed by atoms with E-state index < -0.39 is 0 Å². The first-order chi connectivity index (χ1) is 7.68. The average Bonchev–Trinajstić information content (AvgIpc) is 2.29. The number of nitrogens with zero attached hydrogens (tertiary/aromatic N) is 1. The molecular formula is C12H22N2O2. The normalized spacial score (nSPS) is 36.1. The van der Waals surface area contributed by atoms with Gasteiger partial charge in [0.05, 0.1) is 18.6 Å². The molecule has 1 N–H and O–H groups in total. The summed E-state index contributed by atoms with van der Waals surface area (Å²) in [5, 5.41) is 3.38. The van der Waals surface area contributed by atoms with Gasteiger partial charge in [0.25, 0.3) is 0 Å². The number of ether oxygens (including phenoxy) is 1. The van der Waals surface area contributed by atoms with E-state index in [-0.39, 0.29) is 12.0 Å². The van der Waals surface area contributed by atoms with Gasteiger partial charge in [-0.1, -0.05) is 0 Å². The van der Waals surface area contributed by atoms with Crippen molar-refractivity contribution in [2.75, 3.05) is 26.2 Å². The molecule has 4 nitrogen and oxygen atoms in total. The van der Waals surface area contributed by atoms with Crippen LogP contribution in [0, 0.1) is 5.92 Å². The smallest absolute Gasteiger partial charge is 0.227 e. The molecule has 92 valence electrons. The predicted molar refractivity (Wildman–Crippen MR) is 62.2 cm³/mol. The van der Waals surface area contributed by atoms with Crippen LogP contribution >= 0.6 is 0 Å². The quantitative estimate of drug-likeness (QED) is 0.713. The molecule has 3 unspecified atom stereocenters. The lowest BCUT2D eigenvalue weighted by Crippen LogP contribution is -2.52. The van der Waals surface area contributed by atoms with E-state index in [2.05, 4.69) is 12.2 Å². The number of carbonyl (C=O) groups excluding carboxylic acids is 1. The summed E-state index contributed by atoms with van der Waals surface area (Å²) < 4.78 is 5.46. The third-order valence-electron chi connectivity index (χ3n) is 3.63. The summed E-state index contributed by atoms with van der Waals surface area (Å²) in [5.74, 6) is 0.480. The van der Waals surface area contributed by atoms with Crippen molar-refractivity contribution in [3.63, 3.8) is 0 Å². The van der Waals surface area contributed by atoms with E-state index >= 15 is 0 Å². The molecule has 4 heteroatoms. The van der Waals surface area contributed by atoms with Crippen LogP contribution in [-0.4, -0.2) is 49.2 Å². The Morgan fingerprint density at radius 2 is 2.25 bits per heavy atom. The maximum Gasteiger partial charge on any atom is 0.227 e. The first-order valence-electron chi connectivity index (χ1n) is 6.32. The van der Waals surface area contributed by atoms with Crippen molar-refractivity contribution in [1.82, 2.24) is 10.2 Å². The summed E-state index contributed by atoms with van der Waals surface area (Å²) in [7, 11) is 0. The molecule has 2 aliphatic rings. The Hall–Kier alpha value is -0.610. The van der Waals surface area contributed by atoms with E-state index in [0.29, 0.717) is 18.6 Å². The molecule has 2 saturated heterocycles. The molecule has 1 amide bonds. The summed E-state index contributed by atoms with van der Waals surface area (Å²) in [4.78, 5) is 14.3. The molecule has 2 rings (SSSR count). The van der Waals surface area contributed by atoms with Gasteiger partial charge >= 0.3 is 0 Å². The van der Waals surface area contributed by atoms with Crippen LogP contribution in [0.3, 0.4) is 0 Å². The Balaban J connectivity index is 1.94. The monoisotopic (exact) mass is 226 g/mol. The van der Waals surface area contributed by atoms with Gasteiger partial charge in [0.2, 0.25) is 5.91 Å². The summed E-state index contributed by atoms with van der Waals surface area (Å²) >= 11 is 0. The Labute approximate surface area is 97.3 Å². The highest BCUT2D eigenvalue weighted by atomic mass is 16.5. The summed E-state index contributed by atoms with van der Waals surface area (Å²) in [5.41, 5.74) is 0. The molecule has 16 heavy (non-hydrogen) atoms. The fourth-order valence-electron chi connectivity index (χ4n) is 2.63. The van der Waals surface area contributed by atoms with Crippen molar-refractivity contribution in [2.45, 2.75) is 38.8 Å². The van der Waals surface area contributed by atoms with Gasteiger partial charge < -0.3 is 15.0 Å². The van der Waals surface area contributed by atoms with Gasteiger partial charge in [-0.2, -0.15) is 0 Å². The molecule has 0 bridgehead atoms. The number of rotatable bonds is 1. The van der Waals surface area contributed by atoms with Gasteiger partial charge in [-0.05, 0) is 33.2 Å². The van der Waals surface area contributed by atoms with E-state index in [1.165, 1.54) is 0 Å². The average molecular weight is 226 g/mol. The predicted octanol–water partition coefficient (Wildman–Crippen LogP) is 0.622. The van der Waals surface area contributed by atoms with E-state index in [4.69, 9.17) is 4.74 Å². The SMILES string of the molecule is CC1CN(C(=O)C2CCCNC2C)CCO1. The Kier molecular flexibility index (Phi) is 3.82. The van der Waals surface area contributed by atoms with Crippen molar-refractivity contribution in [3.05, 3.63) is 0 Å². The first kappa shape index (κ1) is 11.9. The molecule has 2 heterocycles. The van der Waals surface area contributed by atoms with Gasteiger partial charge in [-0.25, -0.2) is 0 Å². The van der Waals surface area contributed by atoms with Gasteiger partial charge in [0.1, 0.15) is 0 Å². The number of amides is 1. The molecule has 0 aromatic heterocycles. The Morgan fingerprint density at radius 1 is 1.44 bits per heavy atom. The molecule has 0 aromatic carbocycles. The molecule has 0 aromatic rings. The molecule has 0 spiro atoms. The Bertz CT molecular complexity index is 257.